The van der Waals surface area contributed by atoms with Crippen LogP contribution in [0.2, 0.25) is 5.02 Å². The molecule has 168 valence electrons. The number of ether oxygens (including phenoxy) is 2. The predicted octanol–water partition coefficient (Wildman–Crippen LogP) is 5.06. The van der Waals surface area contributed by atoms with E-state index in [0.717, 1.165) is 6.42 Å². The summed E-state index contributed by atoms with van der Waals surface area (Å²) in [6.45, 7) is 4.60. The summed E-state index contributed by atoms with van der Waals surface area (Å²) in [5, 5.41) is 32.3. The van der Waals surface area contributed by atoms with E-state index in [9.17, 15) is 9.90 Å². The van der Waals surface area contributed by atoms with Gasteiger partial charge < -0.3 is 24.9 Å². The van der Waals surface area contributed by atoms with Crippen LogP contribution in [-0.2, 0) is 17.6 Å². The maximum atomic E-state index is 10.8. The molecule has 0 aliphatic carbocycles. The lowest BCUT2D eigenvalue weighted by molar-refractivity contribution is -0.136. The molecule has 0 spiro atoms. The molecule has 2 aromatic rings. The minimum Gasteiger partial charge on any atom is -0.507 e. The van der Waals surface area contributed by atoms with E-state index in [2.05, 4.69) is 5.16 Å². The monoisotopic (exact) mass is 449 g/mol. The number of aliphatic carboxylic acids is 1. The quantitative estimate of drug-likeness (QED) is 0.181. The first-order valence-corrected chi connectivity index (χ1v) is 10.6. The minimum absolute atomic E-state index is 0.0819. The molecule has 0 heterocycles. The van der Waals surface area contributed by atoms with Gasteiger partial charge >= 0.3 is 5.97 Å². The summed E-state index contributed by atoms with van der Waals surface area (Å²) in [5.41, 5.74) is 2.22. The number of hydrogen-bond acceptors (Lipinski definition) is 6. The Kier molecular flexibility index (Phi) is 9.46. The summed E-state index contributed by atoms with van der Waals surface area (Å²) in [6, 6.07) is 8.39. The summed E-state index contributed by atoms with van der Waals surface area (Å²) in [6.07, 6.45) is 2.44. The topological polar surface area (TPSA) is 109 Å². The van der Waals surface area contributed by atoms with Gasteiger partial charge in [0, 0.05) is 17.5 Å². The number of phenols is 1. The van der Waals surface area contributed by atoms with Crippen molar-refractivity contribution in [2.24, 2.45) is 5.16 Å². The van der Waals surface area contributed by atoms with Gasteiger partial charge in [-0.2, -0.15) is 0 Å². The number of rotatable bonds is 12. The van der Waals surface area contributed by atoms with Gasteiger partial charge in [-0.3, -0.25) is 4.79 Å². The highest BCUT2D eigenvalue weighted by atomic mass is 35.5. The number of hydrogen-bond donors (Lipinski definition) is 3. The number of carboxylic acids is 1. The molecule has 0 fully saturated rings. The first kappa shape index (κ1) is 24.3. The van der Waals surface area contributed by atoms with E-state index in [1.165, 1.54) is 0 Å². The lowest BCUT2D eigenvalue weighted by Gasteiger charge is -2.16. The van der Waals surface area contributed by atoms with Crippen molar-refractivity contribution in [1.82, 2.24) is 0 Å². The van der Waals surface area contributed by atoms with Gasteiger partial charge in [0.05, 0.1) is 30.4 Å². The Morgan fingerprint density at radius 3 is 2.35 bits per heavy atom. The van der Waals surface area contributed by atoms with Crippen molar-refractivity contribution in [3.8, 4) is 17.2 Å². The Morgan fingerprint density at radius 2 is 1.77 bits per heavy atom. The fourth-order valence-corrected chi connectivity index (χ4v) is 3.42. The minimum atomic E-state index is -0.919. The third kappa shape index (κ3) is 6.79. The van der Waals surface area contributed by atoms with Gasteiger partial charge in [0.1, 0.15) is 17.2 Å². The molecule has 0 amide bonds. The second-order valence-electron chi connectivity index (χ2n) is 6.97. The highest BCUT2D eigenvalue weighted by Crippen LogP contribution is 2.33. The van der Waals surface area contributed by atoms with Crippen LogP contribution < -0.4 is 9.47 Å². The Labute approximate surface area is 186 Å². The molecule has 0 aliphatic rings. The fraction of sp³-hybridized carbons (Fsp3) is 0.391. The van der Waals surface area contributed by atoms with E-state index < -0.39 is 5.97 Å². The Bertz CT molecular complexity index is 929. The van der Waals surface area contributed by atoms with E-state index >= 15 is 0 Å². The highest BCUT2D eigenvalue weighted by molar-refractivity contribution is 6.32. The molecule has 2 aromatic carbocycles. The lowest BCUT2D eigenvalue weighted by atomic mass is 9.99. The fourth-order valence-electron chi connectivity index (χ4n) is 3.16. The SMILES string of the molecule is CCCc1c(OCCCOc2ccc(CC(=O)O)cc2Cl)ccc(C(CC)=NO)c1O. The number of aromatic hydroxyl groups is 1. The van der Waals surface area contributed by atoms with Crippen LogP contribution in [0.4, 0.5) is 0 Å². The number of halogens is 1. The third-order valence-corrected chi connectivity index (χ3v) is 4.96. The van der Waals surface area contributed by atoms with Gasteiger partial charge in [-0.15, -0.1) is 0 Å². The Morgan fingerprint density at radius 1 is 1.10 bits per heavy atom. The normalized spacial score (nSPS) is 11.4. The van der Waals surface area contributed by atoms with Gasteiger partial charge in [0.25, 0.3) is 0 Å². The zero-order valence-electron chi connectivity index (χ0n) is 17.7. The molecular weight excluding hydrogens is 422 g/mol. The number of oxime groups is 1. The molecule has 0 unspecified atom stereocenters. The van der Waals surface area contributed by atoms with Crippen LogP contribution >= 0.6 is 11.6 Å². The van der Waals surface area contributed by atoms with Crippen LogP contribution in [0.1, 0.15) is 49.8 Å². The Hall–Kier alpha value is -2.93. The number of carbonyl (C=O) groups is 1. The van der Waals surface area contributed by atoms with Crippen molar-refractivity contribution in [2.75, 3.05) is 13.2 Å². The van der Waals surface area contributed by atoms with E-state index in [1.807, 2.05) is 13.8 Å². The number of nitrogens with zero attached hydrogens (tertiary/aromatic N) is 1. The van der Waals surface area contributed by atoms with Crippen molar-refractivity contribution in [1.29, 1.82) is 0 Å². The van der Waals surface area contributed by atoms with Gasteiger partial charge in [-0.25, -0.2) is 0 Å². The zero-order valence-corrected chi connectivity index (χ0v) is 18.5. The molecule has 2 rings (SSSR count). The standard InChI is InChI=1S/C23H28ClNO6/c1-3-6-17-20(10-8-16(23(17)28)19(4-2)25-29)30-11-5-12-31-21-9-7-15(13-18(21)24)14-22(26)27/h7-10,13,28-29H,3-6,11-12,14H2,1-2H3,(H,26,27). The molecule has 0 radical (unpaired) electrons. The average Bonchev–Trinajstić information content (AvgIpc) is 2.73. The van der Waals surface area contributed by atoms with Crippen LogP contribution in [0.25, 0.3) is 0 Å². The van der Waals surface area contributed by atoms with E-state index in [-0.39, 0.29) is 12.2 Å². The summed E-state index contributed by atoms with van der Waals surface area (Å²) < 4.78 is 11.5. The highest BCUT2D eigenvalue weighted by Gasteiger charge is 2.16. The molecule has 8 heteroatoms. The molecule has 0 aliphatic heterocycles. The van der Waals surface area contributed by atoms with Gasteiger partial charge in [-0.05, 0) is 42.7 Å². The molecule has 0 aromatic heterocycles. The van der Waals surface area contributed by atoms with Crippen molar-refractivity contribution in [2.45, 2.75) is 46.0 Å². The first-order valence-electron chi connectivity index (χ1n) is 10.2. The van der Waals surface area contributed by atoms with Crippen LogP contribution in [0.5, 0.6) is 17.2 Å². The van der Waals surface area contributed by atoms with Crippen molar-refractivity contribution in [3.05, 3.63) is 52.0 Å². The maximum absolute atomic E-state index is 10.8. The summed E-state index contributed by atoms with van der Waals surface area (Å²) in [5.74, 6) is 0.240. The van der Waals surface area contributed by atoms with Gasteiger partial charge in [-0.1, -0.05) is 43.1 Å². The molecule has 3 N–H and O–H groups in total. The number of benzene rings is 2. The maximum Gasteiger partial charge on any atom is 0.307 e. The van der Waals surface area contributed by atoms with Gasteiger partial charge in [0.15, 0.2) is 0 Å². The number of phenolic OH excluding ortho intramolecular Hbond substituents is 1. The van der Waals surface area contributed by atoms with E-state index in [1.54, 1.807) is 30.3 Å². The van der Waals surface area contributed by atoms with Gasteiger partial charge in [0.2, 0.25) is 0 Å². The predicted molar refractivity (Wildman–Crippen MR) is 119 cm³/mol. The van der Waals surface area contributed by atoms with Crippen molar-refractivity contribution < 1.29 is 29.7 Å². The largest absolute Gasteiger partial charge is 0.507 e. The molecule has 7 nitrogen and oxygen atoms in total. The van der Waals surface area contributed by atoms with E-state index in [0.29, 0.717) is 71.4 Å². The molecule has 0 saturated heterocycles. The zero-order chi connectivity index (χ0) is 22.8. The molecular formula is C23H28ClNO6. The lowest BCUT2D eigenvalue weighted by Crippen LogP contribution is -2.08. The Balaban J connectivity index is 1.95. The molecule has 31 heavy (non-hydrogen) atoms. The third-order valence-electron chi connectivity index (χ3n) is 4.66. The second kappa shape index (κ2) is 12.1. The molecule has 0 saturated carbocycles. The van der Waals surface area contributed by atoms with Crippen LogP contribution in [0.3, 0.4) is 0 Å². The van der Waals surface area contributed by atoms with Crippen molar-refractivity contribution >= 4 is 23.3 Å². The molecule has 0 atom stereocenters. The summed E-state index contributed by atoms with van der Waals surface area (Å²) in [4.78, 5) is 10.8. The van der Waals surface area contributed by atoms with E-state index in [4.69, 9.17) is 31.4 Å². The summed E-state index contributed by atoms with van der Waals surface area (Å²) in [7, 11) is 0. The smallest absolute Gasteiger partial charge is 0.307 e. The second-order valence-corrected chi connectivity index (χ2v) is 7.38. The summed E-state index contributed by atoms with van der Waals surface area (Å²) >= 11 is 6.15. The van der Waals surface area contributed by atoms with Crippen LogP contribution in [-0.4, -0.2) is 40.3 Å². The van der Waals surface area contributed by atoms with Crippen molar-refractivity contribution in [3.63, 3.8) is 0 Å². The first-order chi connectivity index (χ1) is 14.9. The van der Waals surface area contributed by atoms with Crippen LogP contribution in [0.15, 0.2) is 35.5 Å². The number of carboxylic acid groups (broad SMARTS) is 1. The van der Waals surface area contributed by atoms with Crippen LogP contribution in [0, 0.1) is 0 Å². The average molecular weight is 450 g/mol. The molecule has 0 bridgehead atoms.